The van der Waals surface area contributed by atoms with E-state index in [1.807, 2.05) is 0 Å². The van der Waals surface area contributed by atoms with Crippen LogP contribution in [0.25, 0.3) is 11.2 Å². The quantitative estimate of drug-likeness (QED) is 0.684. The van der Waals surface area contributed by atoms with Gasteiger partial charge in [0, 0.05) is 18.9 Å². The van der Waals surface area contributed by atoms with Gasteiger partial charge in [-0.3, -0.25) is 4.79 Å². The molecule has 0 saturated heterocycles. The highest BCUT2D eigenvalue weighted by molar-refractivity contribution is 5.83. The molecular formula is C20H25N5O3. The lowest BCUT2D eigenvalue weighted by molar-refractivity contribution is -0.124. The van der Waals surface area contributed by atoms with Crippen molar-refractivity contribution in [1.82, 2.24) is 19.5 Å². The number of fused-ring (bicyclic) bond motifs is 1. The van der Waals surface area contributed by atoms with Crippen LogP contribution in [0.1, 0.15) is 50.9 Å². The van der Waals surface area contributed by atoms with E-state index in [1.165, 1.54) is 19.8 Å². The number of hydrogen-bond donors (Lipinski definition) is 3. The lowest BCUT2D eigenvalue weighted by Crippen LogP contribution is -2.31. The minimum Gasteiger partial charge on any atom is -0.390 e. The number of imidazole rings is 1. The minimum absolute atomic E-state index is 0.132. The van der Waals surface area contributed by atoms with Gasteiger partial charge >= 0.3 is 0 Å². The van der Waals surface area contributed by atoms with Crippen LogP contribution in [0.4, 0.5) is 5.82 Å². The van der Waals surface area contributed by atoms with Gasteiger partial charge in [-0.1, -0.05) is 18.8 Å². The summed E-state index contributed by atoms with van der Waals surface area (Å²) in [6, 6.07) is -0.482. The molecule has 2 fully saturated rings. The number of nitrogens with one attached hydrogen (secondary N) is 1. The molecule has 0 radical (unpaired) electrons. The predicted molar refractivity (Wildman–Crippen MR) is 104 cm³/mol. The summed E-state index contributed by atoms with van der Waals surface area (Å²) in [5.41, 5.74) is 1.11. The van der Waals surface area contributed by atoms with Crippen LogP contribution >= 0.6 is 0 Å². The van der Waals surface area contributed by atoms with Crippen LogP contribution in [-0.2, 0) is 4.79 Å². The fourth-order valence-corrected chi connectivity index (χ4v) is 4.32. The van der Waals surface area contributed by atoms with Gasteiger partial charge in [0.25, 0.3) is 0 Å². The number of aliphatic hydroxyl groups is 2. The average molecular weight is 383 g/mol. The SMILES string of the molecule is CNc1nc(C#CC2CCCC2)nc2c1ncn2[C@@H]1C[C@H](C(C)=O)C(O)[C@H]1O. The summed E-state index contributed by atoms with van der Waals surface area (Å²) in [6.45, 7) is 1.44. The summed E-state index contributed by atoms with van der Waals surface area (Å²) in [5.74, 6) is 6.99. The van der Waals surface area contributed by atoms with E-state index < -0.39 is 24.2 Å². The molecule has 4 rings (SSSR count). The summed E-state index contributed by atoms with van der Waals surface area (Å²) in [6.07, 6.45) is 4.43. The minimum atomic E-state index is -1.09. The largest absolute Gasteiger partial charge is 0.390 e. The number of carbonyl (C=O) groups excluding carboxylic acids is 1. The maximum absolute atomic E-state index is 11.8. The van der Waals surface area contributed by atoms with Crippen LogP contribution in [0.3, 0.4) is 0 Å². The molecule has 4 atom stereocenters. The standard InChI is InChI=1S/C20H25N5O3/c1-11(26)13-9-14(18(28)17(13)27)25-10-22-16-19(21-2)23-15(24-20(16)25)8-7-12-5-3-4-6-12/h10,12-14,17-18,27-28H,3-6,9H2,1-2H3,(H,21,23,24)/t13-,14-,17?,18+/m1/s1. The first-order chi connectivity index (χ1) is 13.5. The van der Waals surface area contributed by atoms with Crippen molar-refractivity contribution in [3.8, 4) is 11.8 Å². The zero-order valence-electron chi connectivity index (χ0n) is 16.1. The van der Waals surface area contributed by atoms with Gasteiger partial charge in [-0.2, -0.15) is 0 Å². The van der Waals surface area contributed by atoms with Gasteiger partial charge < -0.3 is 20.1 Å². The number of ketones is 1. The zero-order chi connectivity index (χ0) is 19.8. The Labute approximate surface area is 163 Å². The molecule has 3 N–H and O–H groups in total. The van der Waals surface area contributed by atoms with Gasteiger partial charge in [0.15, 0.2) is 17.0 Å². The third-order valence-electron chi connectivity index (χ3n) is 5.93. The molecular weight excluding hydrogens is 358 g/mol. The van der Waals surface area contributed by atoms with Crippen LogP contribution in [0.2, 0.25) is 0 Å². The van der Waals surface area contributed by atoms with Crippen molar-refractivity contribution in [2.45, 2.75) is 57.3 Å². The molecule has 2 aliphatic rings. The fraction of sp³-hybridized carbons (Fsp3) is 0.600. The van der Waals surface area contributed by atoms with E-state index in [2.05, 4.69) is 32.1 Å². The lowest BCUT2D eigenvalue weighted by Gasteiger charge is -2.18. The van der Waals surface area contributed by atoms with E-state index in [1.54, 1.807) is 17.9 Å². The fourth-order valence-electron chi connectivity index (χ4n) is 4.32. The number of rotatable bonds is 3. The van der Waals surface area contributed by atoms with Crippen molar-refractivity contribution in [2.75, 3.05) is 12.4 Å². The molecule has 0 spiro atoms. The second-order valence-corrected chi connectivity index (χ2v) is 7.72. The number of carbonyl (C=O) groups is 1. The number of nitrogens with zero attached hydrogens (tertiary/aromatic N) is 4. The molecule has 2 saturated carbocycles. The van der Waals surface area contributed by atoms with Crippen molar-refractivity contribution in [1.29, 1.82) is 0 Å². The van der Waals surface area contributed by atoms with Gasteiger partial charge in [0.05, 0.1) is 18.5 Å². The third kappa shape index (κ3) is 3.25. The zero-order valence-corrected chi connectivity index (χ0v) is 16.1. The lowest BCUT2D eigenvalue weighted by atomic mass is 10.0. The van der Waals surface area contributed by atoms with E-state index in [0.717, 1.165) is 12.8 Å². The highest BCUT2D eigenvalue weighted by Gasteiger charge is 2.45. The van der Waals surface area contributed by atoms with Crippen molar-refractivity contribution in [3.05, 3.63) is 12.2 Å². The summed E-state index contributed by atoms with van der Waals surface area (Å²) < 4.78 is 1.73. The second-order valence-electron chi connectivity index (χ2n) is 7.72. The maximum Gasteiger partial charge on any atom is 0.208 e. The van der Waals surface area contributed by atoms with Crippen LogP contribution in [-0.4, -0.2) is 54.8 Å². The van der Waals surface area contributed by atoms with Gasteiger partial charge in [-0.05, 0) is 32.1 Å². The molecule has 2 aromatic rings. The Balaban J connectivity index is 1.73. The molecule has 2 aliphatic carbocycles. The molecule has 2 aromatic heterocycles. The van der Waals surface area contributed by atoms with Gasteiger partial charge in [0.2, 0.25) is 5.82 Å². The Hall–Kier alpha value is -2.50. The highest BCUT2D eigenvalue weighted by atomic mass is 16.3. The number of aliphatic hydroxyl groups excluding tert-OH is 2. The van der Waals surface area contributed by atoms with Gasteiger partial charge in [0.1, 0.15) is 11.9 Å². The highest BCUT2D eigenvalue weighted by Crippen LogP contribution is 2.37. The van der Waals surface area contributed by atoms with Crippen LogP contribution in [0.5, 0.6) is 0 Å². The van der Waals surface area contributed by atoms with E-state index in [-0.39, 0.29) is 5.78 Å². The summed E-state index contributed by atoms with van der Waals surface area (Å²) >= 11 is 0. The third-order valence-corrected chi connectivity index (χ3v) is 5.93. The Morgan fingerprint density at radius 1 is 1.25 bits per heavy atom. The monoisotopic (exact) mass is 383 g/mol. The molecule has 0 aromatic carbocycles. The van der Waals surface area contributed by atoms with Crippen LogP contribution in [0.15, 0.2) is 6.33 Å². The normalized spacial score (nSPS) is 27.7. The Kier molecular flexibility index (Phi) is 5.04. The predicted octanol–water partition coefficient (Wildman–Crippen LogP) is 1.28. The van der Waals surface area contributed by atoms with Crippen molar-refractivity contribution in [2.24, 2.45) is 11.8 Å². The van der Waals surface area contributed by atoms with E-state index in [9.17, 15) is 15.0 Å². The summed E-state index contributed by atoms with van der Waals surface area (Å²) in [4.78, 5) is 25.2. The molecule has 0 aliphatic heterocycles. The van der Waals surface area contributed by atoms with Crippen molar-refractivity contribution < 1.29 is 15.0 Å². The van der Waals surface area contributed by atoms with Crippen molar-refractivity contribution in [3.63, 3.8) is 0 Å². The number of aromatic nitrogens is 4. The molecule has 148 valence electrons. The number of anilines is 1. The summed E-state index contributed by atoms with van der Waals surface area (Å²) in [7, 11) is 1.76. The Morgan fingerprint density at radius 3 is 2.64 bits per heavy atom. The molecule has 28 heavy (non-hydrogen) atoms. The first-order valence-electron chi connectivity index (χ1n) is 9.80. The van der Waals surface area contributed by atoms with Crippen molar-refractivity contribution >= 4 is 22.8 Å². The first-order valence-corrected chi connectivity index (χ1v) is 9.80. The molecule has 2 heterocycles. The molecule has 1 unspecified atom stereocenters. The Morgan fingerprint density at radius 2 is 2.00 bits per heavy atom. The smallest absolute Gasteiger partial charge is 0.208 e. The average Bonchev–Trinajstić information content (AvgIpc) is 3.40. The molecule has 0 amide bonds. The second kappa shape index (κ2) is 7.49. The Bertz CT molecular complexity index is 954. The molecule has 0 bridgehead atoms. The van der Waals surface area contributed by atoms with Crippen LogP contribution < -0.4 is 5.32 Å². The number of Topliss-reactive ketones (excluding diaryl/α,β-unsaturated/α-hetero) is 1. The van der Waals surface area contributed by atoms with Gasteiger partial charge in [-0.15, -0.1) is 0 Å². The summed E-state index contributed by atoms with van der Waals surface area (Å²) in [5, 5.41) is 23.8. The number of hydrogen-bond acceptors (Lipinski definition) is 7. The molecule has 8 nitrogen and oxygen atoms in total. The molecule has 8 heteroatoms. The van der Waals surface area contributed by atoms with E-state index in [4.69, 9.17) is 0 Å². The first kappa shape index (κ1) is 18.8. The van der Waals surface area contributed by atoms with Gasteiger partial charge in [-0.25, -0.2) is 15.0 Å². The topological polar surface area (TPSA) is 113 Å². The van der Waals surface area contributed by atoms with Crippen LogP contribution in [0, 0.1) is 23.7 Å². The maximum atomic E-state index is 11.8. The van der Waals surface area contributed by atoms with E-state index in [0.29, 0.717) is 35.1 Å². The van der Waals surface area contributed by atoms with E-state index >= 15 is 0 Å².